The van der Waals surface area contributed by atoms with E-state index in [0.717, 1.165) is 17.0 Å². The average Bonchev–Trinajstić information content (AvgIpc) is 2.29. The topological polar surface area (TPSA) is 48.1 Å². The van der Waals surface area contributed by atoms with Crippen LogP contribution in [0.1, 0.15) is 0 Å². The lowest BCUT2D eigenvalue weighted by molar-refractivity contribution is 0.415. The number of nitrogens with two attached hydrogens (primary N) is 1. The predicted molar refractivity (Wildman–Crippen MR) is 60.6 cm³/mol. The lowest BCUT2D eigenvalue weighted by Crippen LogP contribution is -1.94. The predicted octanol–water partition coefficient (Wildman–Crippen LogP) is 2.34. The minimum atomic E-state index is 0.466. The molecule has 0 radical (unpaired) electrons. The highest BCUT2D eigenvalue weighted by atomic mass is 16.5. The molecule has 76 valence electrons. The first-order valence-electron chi connectivity index (χ1n) is 4.66. The van der Waals surface area contributed by atoms with Crippen LogP contribution in [0.2, 0.25) is 0 Å². The van der Waals surface area contributed by atoms with Crippen LogP contribution in [-0.4, -0.2) is 12.1 Å². The fourth-order valence-electron chi connectivity index (χ4n) is 1.40. The van der Waals surface area contributed by atoms with Crippen molar-refractivity contribution in [3.8, 4) is 17.0 Å². The Bertz CT molecular complexity index is 454. The molecule has 0 bridgehead atoms. The monoisotopic (exact) mass is 200 g/mol. The number of hydrogen-bond acceptors (Lipinski definition) is 3. The maximum absolute atomic E-state index is 5.68. The molecule has 1 aromatic carbocycles. The summed E-state index contributed by atoms with van der Waals surface area (Å²) in [5.74, 6) is 1.19. The van der Waals surface area contributed by atoms with Crippen LogP contribution in [0.25, 0.3) is 11.3 Å². The Morgan fingerprint density at radius 3 is 2.53 bits per heavy atom. The van der Waals surface area contributed by atoms with E-state index >= 15 is 0 Å². The first-order chi connectivity index (χ1) is 7.29. The van der Waals surface area contributed by atoms with Crippen molar-refractivity contribution >= 4 is 5.82 Å². The molecule has 0 aliphatic rings. The van der Waals surface area contributed by atoms with Gasteiger partial charge in [-0.3, -0.25) is 0 Å². The molecule has 1 aromatic heterocycles. The van der Waals surface area contributed by atoms with Gasteiger partial charge in [-0.05, 0) is 0 Å². The number of anilines is 1. The SMILES string of the molecule is COc1cc(N)nc(-c2ccccc2)c1. The van der Waals surface area contributed by atoms with Crippen LogP contribution >= 0.6 is 0 Å². The fraction of sp³-hybridized carbons (Fsp3) is 0.0833. The standard InChI is InChI=1S/C12H12N2O/c1-15-10-7-11(14-12(13)8-10)9-5-3-2-4-6-9/h2-8H,1H3,(H2,13,14). The number of hydrogen-bond donors (Lipinski definition) is 1. The van der Waals surface area contributed by atoms with Crippen LogP contribution in [0, 0.1) is 0 Å². The number of rotatable bonds is 2. The van der Waals surface area contributed by atoms with Crippen LogP contribution in [0.3, 0.4) is 0 Å². The fourth-order valence-corrected chi connectivity index (χ4v) is 1.40. The second-order valence-electron chi connectivity index (χ2n) is 3.18. The van der Waals surface area contributed by atoms with E-state index in [-0.39, 0.29) is 0 Å². The Morgan fingerprint density at radius 1 is 1.13 bits per heavy atom. The third-order valence-electron chi connectivity index (χ3n) is 2.12. The number of methoxy groups -OCH3 is 1. The van der Waals surface area contributed by atoms with E-state index in [1.807, 2.05) is 36.4 Å². The molecular formula is C12H12N2O. The van der Waals surface area contributed by atoms with Crippen molar-refractivity contribution in [1.29, 1.82) is 0 Å². The highest BCUT2D eigenvalue weighted by molar-refractivity contribution is 5.63. The number of nitrogen functional groups attached to an aromatic ring is 1. The van der Waals surface area contributed by atoms with Crippen LogP contribution < -0.4 is 10.5 Å². The summed E-state index contributed by atoms with van der Waals surface area (Å²) in [6.45, 7) is 0. The molecule has 2 rings (SSSR count). The van der Waals surface area contributed by atoms with Crippen molar-refractivity contribution in [3.63, 3.8) is 0 Å². The summed E-state index contributed by atoms with van der Waals surface area (Å²) in [5.41, 5.74) is 7.54. The molecular weight excluding hydrogens is 188 g/mol. The van der Waals surface area contributed by atoms with Gasteiger partial charge in [0.2, 0.25) is 0 Å². The summed E-state index contributed by atoms with van der Waals surface area (Å²) in [4.78, 5) is 4.25. The maximum atomic E-state index is 5.68. The zero-order chi connectivity index (χ0) is 10.7. The van der Waals surface area contributed by atoms with Crippen molar-refractivity contribution < 1.29 is 4.74 Å². The molecule has 0 unspecified atom stereocenters. The minimum Gasteiger partial charge on any atom is -0.497 e. The maximum Gasteiger partial charge on any atom is 0.127 e. The molecule has 0 saturated heterocycles. The Kier molecular flexibility index (Phi) is 2.54. The van der Waals surface area contributed by atoms with Gasteiger partial charge < -0.3 is 10.5 Å². The molecule has 3 nitrogen and oxygen atoms in total. The van der Waals surface area contributed by atoms with Crippen LogP contribution in [0.15, 0.2) is 42.5 Å². The molecule has 0 aliphatic carbocycles. The number of ether oxygens (including phenoxy) is 1. The van der Waals surface area contributed by atoms with Crippen LogP contribution in [0.4, 0.5) is 5.82 Å². The minimum absolute atomic E-state index is 0.466. The number of nitrogens with zero attached hydrogens (tertiary/aromatic N) is 1. The summed E-state index contributed by atoms with van der Waals surface area (Å²) in [6, 6.07) is 13.4. The zero-order valence-electron chi connectivity index (χ0n) is 8.47. The van der Waals surface area contributed by atoms with E-state index in [9.17, 15) is 0 Å². The van der Waals surface area contributed by atoms with Crippen LogP contribution in [-0.2, 0) is 0 Å². The van der Waals surface area contributed by atoms with Gasteiger partial charge in [-0.2, -0.15) is 0 Å². The Labute approximate surface area is 88.5 Å². The quantitative estimate of drug-likeness (QED) is 0.809. The Hall–Kier alpha value is -2.03. The molecule has 15 heavy (non-hydrogen) atoms. The number of aromatic nitrogens is 1. The summed E-state index contributed by atoms with van der Waals surface area (Å²) in [6.07, 6.45) is 0. The number of benzene rings is 1. The second-order valence-corrected chi connectivity index (χ2v) is 3.18. The summed E-state index contributed by atoms with van der Waals surface area (Å²) < 4.78 is 5.14. The summed E-state index contributed by atoms with van der Waals surface area (Å²) >= 11 is 0. The van der Waals surface area contributed by atoms with Gasteiger partial charge in [0.1, 0.15) is 11.6 Å². The van der Waals surface area contributed by atoms with Gasteiger partial charge in [0.25, 0.3) is 0 Å². The smallest absolute Gasteiger partial charge is 0.127 e. The molecule has 2 N–H and O–H groups in total. The Morgan fingerprint density at radius 2 is 1.87 bits per heavy atom. The summed E-state index contributed by atoms with van der Waals surface area (Å²) in [7, 11) is 1.61. The first kappa shape index (κ1) is 9.52. The molecule has 0 amide bonds. The molecule has 2 aromatic rings. The lowest BCUT2D eigenvalue weighted by Gasteiger charge is -2.05. The largest absolute Gasteiger partial charge is 0.497 e. The van der Waals surface area contributed by atoms with Crippen molar-refractivity contribution in [3.05, 3.63) is 42.5 Å². The van der Waals surface area contributed by atoms with E-state index in [2.05, 4.69) is 4.98 Å². The van der Waals surface area contributed by atoms with E-state index in [1.54, 1.807) is 13.2 Å². The molecule has 0 fully saturated rings. The van der Waals surface area contributed by atoms with E-state index < -0.39 is 0 Å². The average molecular weight is 200 g/mol. The number of pyridine rings is 1. The van der Waals surface area contributed by atoms with Crippen molar-refractivity contribution in [2.45, 2.75) is 0 Å². The van der Waals surface area contributed by atoms with Gasteiger partial charge in [-0.25, -0.2) is 4.98 Å². The van der Waals surface area contributed by atoms with Gasteiger partial charge in [0.05, 0.1) is 12.8 Å². The lowest BCUT2D eigenvalue weighted by atomic mass is 10.1. The highest BCUT2D eigenvalue weighted by Gasteiger charge is 2.02. The van der Waals surface area contributed by atoms with Crippen molar-refractivity contribution in [2.75, 3.05) is 12.8 Å². The van der Waals surface area contributed by atoms with E-state index in [1.165, 1.54) is 0 Å². The molecule has 0 aliphatic heterocycles. The highest BCUT2D eigenvalue weighted by Crippen LogP contribution is 2.23. The van der Waals surface area contributed by atoms with Crippen molar-refractivity contribution in [1.82, 2.24) is 4.98 Å². The van der Waals surface area contributed by atoms with Gasteiger partial charge >= 0.3 is 0 Å². The van der Waals surface area contributed by atoms with E-state index in [4.69, 9.17) is 10.5 Å². The molecule has 0 atom stereocenters. The second kappa shape index (κ2) is 4.00. The van der Waals surface area contributed by atoms with Gasteiger partial charge in [-0.15, -0.1) is 0 Å². The van der Waals surface area contributed by atoms with E-state index in [0.29, 0.717) is 5.82 Å². The first-order valence-corrected chi connectivity index (χ1v) is 4.66. The van der Waals surface area contributed by atoms with Crippen LogP contribution in [0.5, 0.6) is 5.75 Å². The normalized spacial score (nSPS) is 9.93. The van der Waals surface area contributed by atoms with Gasteiger partial charge in [0.15, 0.2) is 0 Å². The Balaban J connectivity index is 2.49. The van der Waals surface area contributed by atoms with Gasteiger partial charge in [0, 0.05) is 17.7 Å². The third kappa shape index (κ3) is 2.07. The van der Waals surface area contributed by atoms with Crippen molar-refractivity contribution in [2.24, 2.45) is 0 Å². The molecule has 3 heteroatoms. The third-order valence-corrected chi connectivity index (χ3v) is 2.12. The molecule has 0 spiro atoms. The molecule has 0 saturated carbocycles. The van der Waals surface area contributed by atoms with Gasteiger partial charge in [-0.1, -0.05) is 30.3 Å². The zero-order valence-corrected chi connectivity index (χ0v) is 8.47. The molecule has 1 heterocycles. The summed E-state index contributed by atoms with van der Waals surface area (Å²) in [5, 5.41) is 0.